The van der Waals surface area contributed by atoms with Crippen LogP contribution in [0.15, 0.2) is 59.2 Å². The Hall–Kier alpha value is -5.71. The summed E-state index contributed by atoms with van der Waals surface area (Å²) in [6.45, 7) is 12.0. The fraction of sp³-hybridized carbons (Fsp3) is 0.472. The van der Waals surface area contributed by atoms with Crippen LogP contribution in [0.25, 0.3) is 10.9 Å². The van der Waals surface area contributed by atoms with E-state index in [0.29, 0.717) is 78.8 Å². The molecule has 1 unspecified atom stereocenters. The fourth-order valence-electron chi connectivity index (χ4n) is 11.3. The number of benzene rings is 3. The van der Waals surface area contributed by atoms with Crippen LogP contribution in [-0.4, -0.2) is 120 Å². The lowest BCUT2D eigenvalue weighted by atomic mass is 9.89. The van der Waals surface area contributed by atoms with Crippen LogP contribution >= 0.6 is 23.1 Å². The molecule has 380 valence electrons. The van der Waals surface area contributed by atoms with E-state index >= 15 is 8.78 Å². The molecule has 15 nitrogen and oxygen atoms in total. The van der Waals surface area contributed by atoms with E-state index in [2.05, 4.69) is 78.7 Å². The lowest BCUT2D eigenvalue weighted by Gasteiger charge is -2.46. The van der Waals surface area contributed by atoms with Crippen molar-refractivity contribution in [1.82, 2.24) is 30.1 Å². The normalized spacial score (nSPS) is 19.9. The van der Waals surface area contributed by atoms with Crippen molar-refractivity contribution in [3.63, 3.8) is 0 Å². The smallest absolute Gasteiger partial charge is 0.234 e. The zero-order chi connectivity index (χ0) is 50.3. The number of amides is 3. The van der Waals surface area contributed by atoms with Crippen molar-refractivity contribution < 1.29 is 32.5 Å². The number of aryl methyl sites for hydroxylation is 2. The van der Waals surface area contributed by atoms with Gasteiger partial charge in [-0.05, 0) is 110 Å². The van der Waals surface area contributed by atoms with Gasteiger partial charge in [0.15, 0.2) is 0 Å². The van der Waals surface area contributed by atoms with Crippen LogP contribution in [0.2, 0.25) is 0 Å². The van der Waals surface area contributed by atoms with E-state index in [4.69, 9.17) is 14.7 Å². The first-order chi connectivity index (χ1) is 34.8. The third-order valence-corrected chi connectivity index (χ3v) is 19.2. The number of pyridine rings is 1. The average molecular weight is 1070 g/mol. The monoisotopic (exact) mass is 1070 g/mol. The first kappa shape index (κ1) is 49.9. The highest BCUT2D eigenvalue weighted by Gasteiger charge is 2.40. The maximum absolute atomic E-state index is 15.2. The van der Waals surface area contributed by atoms with Gasteiger partial charge in [0.25, 0.3) is 0 Å². The number of imide groups is 1. The first-order valence-electron chi connectivity index (χ1n) is 25.6. The third-order valence-electron chi connectivity index (χ3n) is 15.3. The van der Waals surface area contributed by atoms with Crippen molar-refractivity contribution in [2.24, 2.45) is 5.92 Å². The number of piperidine rings is 2. The zero-order valence-electron chi connectivity index (χ0n) is 41.1. The molecule has 0 bridgehead atoms. The van der Waals surface area contributed by atoms with E-state index in [9.17, 15) is 18.9 Å². The van der Waals surface area contributed by atoms with Gasteiger partial charge in [0, 0.05) is 123 Å². The lowest BCUT2D eigenvalue weighted by Crippen LogP contribution is -2.59. The predicted octanol–water partition coefficient (Wildman–Crippen LogP) is 8.63. The number of halogens is 3. The number of ether oxygens (including phenoxy) is 1. The minimum absolute atomic E-state index is 0.0273. The molecule has 1 atom stereocenters. The molecule has 0 spiro atoms. The molecule has 2 aromatic heterocycles. The van der Waals surface area contributed by atoms with Crippen molar-refractivity contribution >= 4 is 91.5 Å². The number of rotatable bonds is 14. The maximum atomic E-state index is 15.2. The van der Waals surface area contributed by atoms with Gasteiger partial charge in [0.05, 0.1) is 39.8 Å². The number of piperazine rings is 1. The highest BCUT2D eigenvalue weighted by atomic mass is 79.9. The second kappa shape index (κ2) is 21.0. The van der Waals surface area contributed by atoms with Crippen LogP contribution in [0.4, 0.5) is 43.3 Å². The van der Waals surface area contributed by atoms with Crippen LogP contribution in [0.5, 0.6) is 5.75 Å². The number of nitrogens with zero attached hydrogens (tertiary/aromatic N) is 7. The van der Waals surface area contributed by atoms with Crippen molar-refractivity contribution in [2.75, 3.05) is 91.7 Å². The van der Waals surface area contributed by atoms with Crippen LogP contribution < -0.4 is 35.8 Å². The summed E-state index contributed by atoms with van der Waals surface area (Å²) in [7, 11) is -2.66. The number of hydrogen-bond donors (Lipinski definition) is 3. The van der Waals surface area contributed by atoms with E-state index in [1.165, 1.54) is 17.7 Å². The molecule has 3 amide bonds. The second-order valence-electron chi connectivity index (χ2n) is 19.6. The van der Waals surface area contributed by atoms with Gasteiger partial charge in [-0.3, -0.25) is 29.6 Å². The Morgan fingerprint density at radius 2 is 1.60 bits per heavy atom. The van der Waals surface area contributed by atoms with Crippen LogP contribution in [0.3, 0.4) is 0 Å². The van der Waals surface area contributed by atoms with Crippen molar-refractivity contribution in [3.8, 4) is 5.75 Å². The predicted molar refractivity (Wildman–Crippen MR) is 281 cm³/mol. The topological polar surface area (TPSA) is 165 Å². The number of carbonyl (C=O) groups excluding carboxylic acids is 3. The molecule has 5 aliphatic heterocycles. The fourth-order valence-corrected chi connectivity index (χ4v) is 14.9. The molecular formula is C53H62BrF2N10O5P. The Morgan fingerprint density at radius 1 is 0.861 bits per heavy atom. The lowest BCUT2D eigenvalue weighted by molar-refractivity contribution is -0.138. The Labute approximate surface area is 427 Å². The Bertz CT molecular complexity index is 2930. The van der Waals surface area contributed by atoms with E-state index in [-0.39, 0.29) is 30.2 Å². The van der Waals surface area contributed by atoms with E-state index in [1.807, 2.05) is 30.0 Å². The number of anilines is 6. The van der Waals surface area contributed by atoms with Crippen LogP contribution in [0, 0.1) is 17.6 Å². The molecule has 3 aromatic carbocycles. The average Bonchev–Trinajstić information content (AvgIpc) is 3.81. The number of aromatic nitrogens is 3. The number of fused-ring (bicyclic) bond motifs is 1. The molecule has 10 rings (SSSR count). The SMILES string of the molecule is CCOc1cc(N2CCC(N3CCN(C(=O)C4CN(c5cc(F)c(C6CCC(=O)NC6=O)c(F)c5)C4)CC3)CC2)c(CC)cc1Nc1ncc(Br)c(Nc2ccc3nc(CC)ccc3c2P2(=O)CCCC2)n1. The molecule has 5 aliphatic rings. The second-order valence-corrected chi connectivity index (χ2v) is 23.6. The van der Waals surface area contributed by atoms with Crippen LogP contribution in [-0.2, 0) is 31.8 Å². The standard InChI is InChI=1S/C53H62BrF2N10O5P/c1-4-32-25-44(60-53-57-29-39(54)50(62-53)59-43-13-12-42-37(10-9-34(5-2)58-42)49(43)72(70)23-7-8-24-72)46(71-6-3)28-45(32)64-17-15-35(16-18-64)63-19-21-65(22-20-63)52(69)33-30-66(31-33)36-26-40(55)48(41(56)27-36)38-11-14-47(67)61-51(38)68/h9-10,12-13,25-29,33,35,38H,4-8,11,14-24,30-31H2,1-3H3,(H,61,67,68)(H2,57,59,60,62). The number of carbonyl (C=O) groups is 3. The minimum Gasteiger partial charge on any atom is -0.492 e. The molecule has 5 aromatic rings. The zero-order valence-corrected chi connectivity index (χ0v) is 43.6. The van der Waals surface area contributed by atoms with Gasteiger partial charge in [0.1, 0.15) is 30.3 Å². The maximum Gasteiger partial charge on any atom is 0.234 e. The van der Waals surface area contributed by atoms with E-state index < -0.39 is 36.5 Å². The van der Waals surface area contributed by atoms with Gasteiger partial charge in [-0.25, -0.2) is 13.8 Å². The van der Waals surface area contributed by atoms with Gasteiger partial charge in [0.2, 0.25) is 23.7 Å². The Balaban J connectivity index is 0.753. The van der Waals surface area contributed by atoms with Gasteiger partial charge < -0.3 is 34.6 Å². The minimum atomic E-state index is -2.66. The molecule has 19 heteroatoms. The number of nitrogens with one attached hydrogen (secondary N) is 3. The summed E-state index contributed by atoms with van der Waals surface area (Å²) in [5.41, 5.74) is 5.74. The Morgan fingerprint density at radius 3 is 2.28 bits per heavy atom. The quantitative estimate of drug-likeness (QED) is 0.0716. The van der Waals surface area contributed by atoms with Gasteiger partial charge in [-0.15, -0.1) is 0 Å². The molecule has 7 heterocycles. The summed E-state index contributed by atoms with van der Waals surface area (Å²) < 4.78 is 51.9. The third kappa shape index (κ3) is 10.0. The summed E-state index contributed by atoms with van der Waals surface area (Å²) in [6, 6.07) is 15.2. The molecule has 5 saturated heterocycles. The van der Waals surface area contributed by atoms with E-state index in [0.717, 1.165) is 104 Å². The Kier molecular flexibility index (Phi) is 14.6. The van der Waals surface area contributed by atoms with E-state index in [1.54, 1.807) is 11.1 Å². The largest absolute Gasteiger partial charge is 0.492 e. The highest BCUT2D eigenvalue weighted by molar-refractivity contribution is 9.10. The van der Waals surface area contributed by atoms with Gasteiger partial charge in [-0.2, -0.15) is 4.98 Å². The molecule has 0 radical (unpaired) electrons. The molecular weight excluding hydrogens is 1010 g/mol. The van der Waals surface area contributed by atoms with Crippen molar-refractivity contribution in [1.29, 1.82) is 0 Å². The molecule has 0 aliphatic carbocycles. The van der Waals surface area contributed by atoms with Crippen molar-refractivity contribution in [3.05, 3.63) is 87.7 Å². The highest BCUT2D eigenvalue weighted by Crippen LogP contribution is 2.54. The molecule has 5 fully saturated rings. The summed E-state index contributed by atoms with van der Waals surface area (Å²) in [5, 5.41) is 10.9. The summed E-state index contributed by atoms with van der Waals surface area (Å²) >= 11 is 3.67. The van der Waals surface area contributed by atoms with Gasteiger partial charge >= 0.3 is 0 Å². The summed E-state index contributed by atoms with van der Waals surface area (Å²) in [5.74, 6) is -2.38. The first-order valence-corrected chi connectivity index (χ1v) is 28.4. The number of hydrogen-bond acceptors (Lipinski definition) is 13. The molecule has 3 N–H and O–H groups in total. The molecule has 72 heavy (non-hydrogen) atoms. The summed E-state index contributed by atoms with van der Waals surface area (Å²) in [4.78, 5) is 60.6. The van der Waals surface area contributed by atoms with Crippen LogP contribution in [0.1, 0.15) is 82.0 Å². The summed E-state index contributed by atoms with van der Waals surface area (Å²) in [6.07, 6.45) is 8.66. The molecule has 0 saturated carbocycles. The van der Waals surface area contributed by atoms with Gasteiger partial charge in [-0.1, -0.05) is 19.9 Å². The van der Waals surface area contributed by atoms with Crippen molar-refractivity contribution in [2.45, 2.75) is 84.1 Å².